The van der Waals surface area contributed by atoms with Gasteiger partial charge >= 0.3 is 5.97 Å². The Bertz CT molecular complexity index is 897. The zero-order valence-corrected chi connectivity index (χ0v) is 13.8. The Balaban J connectivity index is 1.91. The van der Waals surface area contributed by atoms with Gasteiger partial charge < -0.3 is 14.9 Å². The number of carboxylic acid groups (broad SMARTS) is 1. The molecule has 1 aliphatic heterocycles. The molecule has 0 amide bonds. The van der Waals surface area contributed by atoms with E-state index in [0.29, 0.717) is 16.4 Å². The molecule has 2 aromatic rings. The van der Waals surface area contributed by atoms with E-state index in [9.17, 15) is 13.2 Å². The number of nitrogens with one attached hydrogen (secondary N) is 1. The van der Waals surface area contributed by atoms with Crippen molar-refractivity contribution in [1.82, 2.24) is 4.72 Å². The van der Waals surface area contributed by atoms with Crippen molar-refractivity contribution < 1.29 is 28.2 Å². The molecule has 0 aliphatic carbocycles. The molecule has 1 aliphatic rings. The number of carboxylic acids is 1. The van der Waals surface area contributed by atoms with Crippen LogP contribution in [0.3, 0.4) is 0 Å². The second-order valence-electron chi connectivity index (χ2n) is 4.95. The molecule has 24 heavy (non-hydrogen) atoms. The first-order chi connectivity index (χ1) is 11.4. The molecule has 0 saturated carbocycles. The molecule has 0 unspecified atom stereocenters. The van der Waals surface area contributed by atoms with Crippen LogP contribution in [0.2, 0.25) is 0 Å². The molecule has 2 aromatic carbocycles. The third-order valence-corrected chi connectivity index (χ3v) is 5.86. The summed E-state index contributed by atoms with van der Waals surface area (Å²) in [6, 6.07) is 10.0. The molecule has 0 fully saturated rings. The number of aliphatic carboxylic acids is 1. The Hall–Kier alpha value is -2.07. The molecule has 3 N–H and O–H groups in total. The predicted octanol–water partition coefficient (Wildman–Crippen LogP) is 1.67. The maximum absolute atomic E-state index is 12.3. The van der Waals surface area contributed by atoms with E-state index in [-0.39, 0.29) is 4.90 Å². The van der Waals surface area contributed by atoms with E-state index in [0.717, 1.165) is 4.90 Å². The molecule has 0 spiro atoms. The minimum Gasteiger partial charge on any atom is -0.480 e. The molecular weight excluding hydrogens is 354 g/mol. The van der Waals surface area contributed by atoms with Crippen LogP contribution in [0.25, 0.3) is 0 Å². The molecule has 9 heteroatoms. The van der Waals surface area contributed by atoms with Gasteiger partial charge in [-0.25, -0.2) is 8.42 Å². The molecule has 3 rings (SSSR count). The van der Waals surface area contributed by atoms with Gasteiger partial charge in [0.25, 0.3) is 0 Å². The average molecular weight is 367 g/mol. The van der Waals surface area contributed by atoms with Crippen LogP contribution in [0.1, 0.15) is 0 Å². The molecule has 0 radical (unpaired) electrons. The predicted molar refractivity (Wildman–Crippen MR) is 85.9 cm³/mol. The van der Waals surface area contributed by atoms with Crippen LogP contribution in [0.5, 0.6) is 11.5 Å². The molecule has 0 saturated heterocycles. The first-order valence-corrected chi connectivity index (χ1v) is 9.15. The highest BCUT2D eigenvalue weighted by Crippen LogP contribution is 2.47. The van der Waals surface area contributed by atoms with Gasteiger partial charge in [0, 0.05) is 0 Å². The largest absolute Gasteiger partial charge is 0.480 e. The van der Waals surface area contributed by atoms with Crippen molar-refractivity contribution in [3.05, 3.63) is 42.5 Å². The van der Waals surface area contributed by atoms with Gasteiger partial charge in [0.15, 0.2) is 0 Å². The summed E-state index contributed by atoms with van der Waals surface area (Å²) in [4.78, 5) is 12.3. The smallest absolute Gasteiger partial charge is 0.324 e. The number of hydrogen-bond donors (Lipinski definition) is 3. The van der Waals surface area contributed by atoms with E-state index in [1.54, 1.807) is 0 Å². The number of carbonyl (C=O) groups is 1. The zero-order chi connectivity index (χ0) is 17.3. The maximum atomic E-state index is 12.3. The fraction of sp³-hybridized carbons (Fsp3) is 0.133. The monoisotopic (exact) mass is 367 g/mol. The SMILES string of the molecule is O=C(O)[C@H](CO)NS(=O)(=O)c1ccc2c(c1)Sc1ccccc1O2. The van der Waals surface area contributed by atoms with Gasteiger partial charge in [-0.3, -0.25) is 4.79 Å². The molecule has 126 valence electrons. The summed E-state index contributed by atoms with van der Waals surface area (Å²) in [6.45, 7) is -0.843. The second-order valence-corrected chi connectivity index (χ2v) is 7.75. The number of benzene rings is 2. The fourth-order valence-corrected chi connectivity index (χ4v) is 4.37. The molecule has 7 nitrogen and oxygen atoms in total. The highest BCUT2D eigenvalue weighted by atomic mass is 32.2. The lowest BCUT2D eigenvalue weighted by atomic mass is 10.3. The Kier molecular flexibility index (Phi) is 4.50. The topological polar surface area (TPSA) is 113 Å². The highest BCUT2D eigenvalue weighted by Gasteiger charge is 2.26. The van der Waals surface area contributed by atoms with Crippen LogP contribution < -0.4 is 9.46 Å². The summed E-state index contributed by atoms with van der Waals surface area (Å²) in [6.07, 6.45) is 0. The van der Waals surface area contributed by atoms with Gasteiger partial charge in [-0.2, -0.15) is 4.72 Å². The average Bonchev–Trinajstić information content (AvgIpc) is 2.57. The van der Waals surface area contributed by atoms with E-state index < -0.39 is 28.6 Å². The molecule has 1 heterocycles. The number of rotatable bonds is 5. The third kappa shape index (κ3) is 3.24. The summed E-state index contributed by atoms with van der Waals surface area (Å²) < 4.78 is 32.3. The van der Waals surface area contributed by atoms with Gasteiger partial charge in [0.1, 0.15) is 17.5 Å². The number of aliphatic hydroxyl groups excluding tert-OH is 1. The van der Waals surface area contributed by atoms with Crippen molar-refractivity contribution in [3.8, 4) is 11.5 Å². The van der Waals surface area contributed by atoms with E-state index >= 15 is 0 Å². The summed E-state index contributed by atoms with van der Waals surface area (Å²) in [5, 5.41) is 17.8. The number of sulfonamides is 1. The number of aliphatic hydroxyl groups is 1. The Morgan fingerprint density at radius 3 is 2.58 bits per heavy atom. The first-order valence-electron chi connectivity index (χ1n) is 6.85. The van der Waals surface area contributed by atoms with Gasteiger partial charge in [0.2, 0.25) is 10.0 Å². The molecular formula is C15H13NO6S2. The minimum atomic E-state index is -4.09. The van der Waals surface area contributed by atoms with Crippen LogP contribution in [-0.2, 0) is 14.8 Å². The summed E-state index contributed by atoms with van der Waals surface area (Å²) in [7, 11) is -4.09. The zero-order valence-electron chi connectivity index (χ0n) is 12.2. The van der Waals surface area contributed by atoms with Gasteiger partial charge in [0.05, 0.1) is 21.3 Å². The normalized spacial score (nSPS) is 14.2. The van der Waals surface area contributed by atoms with Gasteiger partial charge in [-0.05, 0) is 30.3 Å². The molecule has 0 aromatic heterocycles. The number of fused-ring (bicyclic) bond motifs is 2. The fourth-order valence-electron chi connectivity index (χ4n) is 2.10. The van der Waals surface area contributed by atoms with Crippen molar-refractivity contribution in [3.63, 3.8) is 0 Å². The van der Waals surface area contributed by atoms with Crippen molar-refractivity contribution in [2.24, 2.45) is 0 Å². The van der Waals surface area contributed by atoms with E-state index in [4.69, 9.17) is 14.9 Å². The summed E-state index contributed by atoms with van der Waals surface area (Å²) in [5.41, 5.74) is 0. The van der Waals surface area contributed by atoms with Crippen LogP contribution in [0, 0.1) is 0 Å². The van der Waals surface area contributed by atoms with Gasteiger partial charge in [-0.1, -0.05) is 23.9 Å². The van der Waals surface area contributed by atoms with Gasteiger partial charge in [-0.15, -0.1) is 0 Å². The maximum Gasteiger partial charge on any atom is 0.324 e. The number of para-hydroxylation sites is 1. The standard InChI is InChI=1S/C15H13NO6S2/c17-8-10(15(18)19)16-24(20,21)9-5-6-12-14(7-9)23-13-4-2-1-3-11(13)22-12/h1-7,10,16-17H,8H2,(H,18,19)/t10-/m0/s1. The third-order valence-electron chi connectivity index (χ3n) is 3.29. The van der Waals surface area contributed by atoms with E-state index in [1.165, 1.54) is 30.0 Å². The quantitative estimate of drug-likeness (QED) is 0.629. The minimum absolute atomic E-state index is 0.101. The van der Waals surface area contributed by atoms with Crippen LogP contribution in [-0.4, -0.2) is 37.2 Å². The lowest BCUT2D eigenvalue weighted by Crippen LogP contribution is -2.43. The lowest BCUT2D eigenvalue weighted by molar-refractivity contribution is -0.139. The van der Waals surface area contributed by atoms with Crippen molar-refractivity contribution in [1.29, 1.82) is 0 Å². The first kappa shape index (κ1) is 16.8. The van der Waals surface area contributed by atoms with E-state index in [2.05, 4.69) is 0 Å². The Labute approximate surface area is 142 Å². The second kappa shape index (κ2) is 6.44. The summed E-state index contributed by atoms with van der Waals surface area (Å²) in [5.74, 6) is -0.241. The van der Waals surface area contributed by atoms with Crippen molar-refractivity contribution in [2.75, 3.05) is 6.61 Å². The number of ether oxygens (including phenoxy) is 1. The summed E-state index contributed by atoms with van der Waals surface area (Å²) >= 11 is 1.36. The number of hydrogen-bond acceptors (Lipinski definition) is 6. The van der Waals surface area contributed by atoms with Crippen molar-refractivity contribution in [2.45, 2.75) is 20.7 Å². The van der Waals surface area contributed by atoms with Crippen LogP contribution >= 0.6 is 11.8 Å². The Morgan fingerprint density at radius 2 is 1.88 bits per heavy atom. The molecule has 1 atom stereocenters. The van der Waals surface area contributed by atoms with Crippen LogP contribution in [0.4, 0.5) is 0 Å². The van der Waals surface area contributed by atoms with Crippen LogP contribution in [0.15, 0.2) is 57.2 Å². The Morgan fingerprint density at radius 1 is 1.17 bits per heavy atom. The van der Waals surface area contributed by atoms with Crippen molar-refractivity contribution >= 4 is 27.8 Å². The van der Waals surface area contributed by atoms with E-state index in [1.807, 2.05) is 29.0 Å². The lowest BCUT2D eigenvalue weighted by Gasteiger charge is -2.20. The molecule has 0 bridgehead atoms. The highest BCUT2D eigenvalue weighted by molar-refractivity contribution is 7.99.